The van der Waals surface area contributed by atoms with Crippen LogP contribution in [0, 0.1) is 0 Å². The van der Waals surface area contributed by atoms with Gasteiger partial charge in [-0.25, -0.2) is 4.98 Å². The molecule has 0 spiro atoms. The topological polar surface area (TPSA) is 30.7 Å². The van der Waals surface area contributed by atoms with Crippen LogP contribution >= 0.6 is 0 Å². The molecule has 0 aromatic carbocycles. The molecule has 0 radical (unpaired) electrons. The van der Waals surface area contributed by atoms with Crippen LogP contribution in [0.1, 0.15) is 24.5 Å². The monoisotopic (exact) mass is 191 g/mol. The van der Waals surface area contributed by atoms with Crippen LogP contribution in [-0.2, 0) is 19.9 Å². The van der Waals surface area contributed by atoms with Gasteiger partial charge in [0.15, 0.2) is 5.82 Å². The fourth-order valence-electron chi connectivity index (χ4n) is 1.26. The number of aromatic nitrogens is 3. The summed E-state index contributed by atoms with van der Waals surface area (Å²) in [5, 5.41) is 4.32. The molecule has 0 fully saturated rings. The average Bonchev–Trinajstić information content (AvgIpc) is 2.53. The highest BCUT2D eigenvalue weighted by molar-refractivity contribution is 4.95. The van der Waals surface area contributed by atoms with Crippen LogP contribution in [0.25, 0.3) is 0 Å². The van der Waals surface area contributed by atoms with Crippen molar-refractivity contribution in [1.29, 1.82) is 0 Å². The van der Waals surface area contributed by atoms with E-state index >= 15 is 0 Å². The molecule has 0 unspecified atom stereocenters. The number of allylic oxidation sites excluding steroid dienone is 2. The summed E-state index contributed by atoms with van der Waals surface area (Å²) in [6.07, 6.45) is 7.47. The Morgan fingerprint density at radius 2 is 1.86 bits per heavy atom. The predicted octanol–water partition coefficient (Wildman–Crippen LogP) is 2.05. The van der Waals surface area contributed by atoms with Gasteiger partial charge in [-0.3, -0.25) is 4.68 Å². The number of nitrogens with zero attached hydrogens (tertiary/aromatic N) is 3. The zero-order valence-electron chi connectivity index (χ0n) is 8.74. The van der Waals surface area contributed by atoms with Crippen LogP contribution in [0.4, 0.5) is 0 Å². The van der Waals surface area contributed by atoms with Gasteiger partial charge in [-0.15, -0.1) is 13.2 Å². The first-order valence-corrected chi connectivity index (χ1v) is 4.88. The third-order valence-corrected chi connectivity index (χ3v) is 2.04. The van der Waals surface area contributed by atoms with E-state index in [1.54, 1.807) is 0 Å². The number of hydrogen-bond acceptors (Lipinski definition) is 2. The molecule has 0 saturated heterocycles. The molecule has 0 saturated carbocycles. The molecule has 1 aromatic rings. The molecule has 1 aromatic heterocycles. The Kier molecular flexibility index (Phi) is 4.11. The summed E-state index contributed by atoms with van der Waals surface area (Å²) in [7, 11) is 1.93. The molecule has 1 rings (SSSR count). The van der Waals surface area contributed by atoms with E-state index in [2.05, 4.69) is 23.2 Å². The lowest BCUT2D eigenvalue weighted by Crippen LogP contribution is -1.98. The van der Waals surface area contributed by atoms with Crippen molar-refractivity contribution in [2.24, 2.45) is 7.05 Å². The normalized spacial score (nSPS) is 10.1. The first kappa shape index (κ1) is 10.7. The summed E-state index contributed by atoms with van der Waals surface area (Å²) in [4.78, 5) is 4.44. The minimum Gasteiger partial charge on any atom is -0.253 e. The SMILES string of the molecule is C=CCCc1nc(CCC=C)n(C)n1. The van der Waals surface area contributed by atoms with Crippen LogP contribution in [0.3, 0.4) is 0 Å². The fourth-order valence-corrected chi connectivity index (χ4v) is 1.26. The lowest BCUT2D eigenvalue weighted by molar-refractivity contribution is 0.689. The van der Waals surface area contributed by atoms with Crippen molar-refractivity contribution in [1.82, 2.24) is 14.8 Å². The van der Waals surface area contributed by atoms with E-state index in [1.165, 1.54) is 0 Å². The highest BCUT2D eigenvalue weighted by Crippen LogP contribution is 2.03. The summed E-state index contributed by atoms with van der Waals surface area (Å²) >= 11 is 0. The van der Waals surface area contributed by atoms with E-state index in [4.69, 9.17) is 0 Å². The van der Waals surface area contributed by atoms with Gasteiger partial charge in [-0.2, -0.15) is 5.10 Å². The Hall–Kier alpha value is -1.38. The van der Waals surface area contributed by atoms with Crippen molar-refractivity contribution in [3.8, 4) is 0 Å². The van der Waals surface area contributed by atoms with Crippen LogP contribution < -0.4 is 0 Å². The molecule has 0 bridgehead atoms. The molecule has 0 atom stereocenters. The van der Waals surface area contributed by atoms with E-state index in [0.717, 1.165) is 37.3 Å². The molecular weight excluding hydrogens is 174 g/mol. The van der Waals surface area contributed by atoms with E-state index in [1.807, 2.05) is 23.9 Å². The van der Waals surface area contributed by atoms with Crippen molar-refractivity contribution in [2.45, 2.75) is 25.7 Å². The molecular formula is C11H17N3. The molecule has 1 heterocycles. The van der Waals surface area contributed by atoms with Gasteiger partial charge in [0.25, 0.3) is 0 Å². The third-order valence-electron chi connectivity index (χ3n) is 2.04. The van der Waals surface area contributed by atoms with Gasteiger partial charge in [0.1, 0.15) is 5.82 Å². The maximum Gasteiger partial charge on any atom is 0.151 e. The van der Waals surface area contributed by atoms with Gasteiger partial charge in [-0.05, 0) is 12.8 Å². The maximum atomic E-state index is 4.44. The molecule has 3 nitrogen and oxygen atoms in total. The van der Waals surface area contributed by atoms with E-state index in [-0.39, 0.29) is 0 Å². The van der Waals surface area contributed by atoms with E-state index < -0.39 is 0 Å². The third kappa shape index (κ3) is 2.83. The van der Waals surface area contributed by atoms with Gasteiger partial charge >= 0.3 is 0 Å². The first-order chi connectivity index (χ1) is 6.77. The second-order valence-corrected chi connectivity index (χ2v) is 3.22. The van der Waals surface area contributed by atoms with Crippen LogP contribution in [-0.4, -0.2) is 14.8 Å². The molecule has 0 aliphatic heterocycles. The van der Waals surface area contributed by atoms with Gasteiger partial charge in [-0.1, -0.05) is 12.2 Å². The zero-order valence-corrected chi connectivity index (χ0v) is 8.74. The second-order valence-electron chi connectivity index (χ2n) is 3.22. The van der Waals surface area contributed by atoms with E-state index in [0.29, 0.717) is 0 Å². The lowest BCUT2D eigenvalue weighted by Gasteiger charge is -1.94. The zero-order chi connectivity index (χ0) is 10.4. The Morgan fingerprint density at radius 3 is 2.50 bits per heavy atom. The molecule has 0 aliphatic rings. The molecule has 14 heavy (non-hydrogen) atoms. The summed E-state index contributed by atoms with van der Waals surface area (Å²) in [5.41, 5.74) is 0. The molecule has 0 aliphatic carbocycles. The van der Waals surface area contributed by atoms with Crippen molar-refractivity contribution in [2.75, 3.05) is 0 Å². The van der Waals surface area contributed by atoms with E-state index in [9.17, 15) is 0 Å². The molecule has 76 valence electrons. The standard InChI is InChI=1S/C11H17N3/c1-4-6-8-10-12-11(9-7-5-2)14(3)13-10/h4-5H,1-2,6-9H2,3H3. The van der Waals surface area contributed by atoms with Crippen LogP contribution in [0.15, 0.2) is 25.3 Å². The Balaban J connectivity index is 2.61. The largest absolute Gasteiger partial charge is 0.253 e. The molecule has 3 heteroatoms. The molecule has 0 amide bonds. The van der Waals surface area contributed by atoms with Gasteiger partial charge in [0.2, 0.25) is 0 Å². The molecule has 0 N–H and O–H groups in total. The Morgan fingerprint density at radius 1 is 1.21 bits per heavy atom. The smallest absolute Gasteiger partial charge is 0.151 e. The highest BCUT2D eigenvalue weighted by atomic mass is 15.3. The minimum atomic E-state index is 0.880. The highest BCUT2D eigenvalue weighted by Gasteiger charge is 2.04. The Labute approximate surface area is 85.2 Å². The number of aryl methyl sites for hydroxylation is 3. The van der Waals surface area contributed by atoms with Crippen LogP contribution in [0.2, 0.25) is 0 Å². The summed E-state index contributed by atoms with van der Waals surface area (Å²) in [5.74, 6) is 1.94. The fraction of sp³-hybridized carbons (Fsp3) is 0.455. The Bertz CT molecular complexity index is 312. The quantitative estimate of drug-likeness (QED) is 0.644. The average molecular weight is 191 g/mol. The van der Waals surface area contributed by atoms with Gasteiger partial charge in [0.05, 0.1) is 0 Å². The summed E-state index contributed by atoms with van der Waals surface area (Å²) < 4.78 is 1.85. The van der Waals surface area contributed by atoms with Crippen molar-refractivity contribution >= 4 is 0 Å². The second kappa shape index (κ2) is 5.37. The van der Waals surface area contributed by atoms with Crippen LogP contribution in [0.5, 0.6) is 0 Å². The summed E-state index contributed by atoms with van der Waals surface area (Å²) in [6, 6.07) is 0. The first-order valence-electron chi connectivity index (χ1n) is 4.88. The number of rotatable bonds is 6. The van der Waals surface area contributed by atoms with Crippen molar-refractivity contribution in [3.63, 3.8) is 0 Å². The van der Waals surface area contributed by atoms with Gasteiger partial charge in [0, 0.05) is 19.9 Å². The van der Waals surface area contributed by atoms with Crippen molar-refractivity contribution in [3.05, 3.63) is 37.0 Å². The van der Waals surface area contributed by atoms with Gasteiger partial charge < -0.3 is 0 Å². The predicted molar refractivity (Wildman–Crippen MR) is 58.0 cm³/mol. The minimum absolute atomic E-state index is 0.880. The lowest BCUT2D eigenvalue weighted by atomic mass is 10.3. The number of hydrogen-bond donors (Lipinski definition) is 0. The maximum absolute atomic E-state index is 4.44. The summed E-state index contributed by atoms with van der Waals surface area (Å²) in [6.45, 7) is 7.37. The van der Waals surface area contributed by atoms with Crippen molar-refractivity contribution < 1.29 is 0 Å².